The second-order valence-corrected chi connectivity index (χ2v) is 16.6. The molecule has 0 unspecified atom stereocenters. The monoisotopic (exact) mass is 959 g/mol. The van der Waals surface area contributed by atoms with E-state index in [1.54, 1.807) is 18.6 Å². The van der Waals surface area contributed by atoms with E-state index >= 15 is 0 Å². The number of nitrogens with zero attached hydrogens (tertiary/aromatic N) is 9. The smallest absolute Gasteiger partial charge is 0.184 e. The van der Waals surface area contributed by atoms with Crippen molar-refractivity contribution in [2.75, 3.05) is 0 Å². The number of fused-ring (bicyclic) bond motifs is 5. The van der Waals surface area contributed by atoms with E-state index in [9.17, 15) is 0 Å². The maximum atomic E-state index is 4.37. The summed E-state index contributed by atoms with van der Waals surface area (Å²) < 4.78 is 0. The fourth-order valence-electron chi connectivity index (χ4n) is 7.24. The lowest BCUT2D eigenvalue weighted by Crippen LogP contribution is -2.03. The molecule has 5 N–H and O–H groups in total. The van der Waals surface area contributed by atoms with Crippen LogP contribution in [0.1, 0.15) is 221 Å². The van der Waals surface area contributed by atoms with Gasteiger partial charge in [0.15, 0.2) is 11.3 Å². The number of hydrogen-bond donors (Lipinski definition) is 5. The van der Waals surface area contributed by atoms with Gasteiger partial charge < -0.3 is 0 Å². The maximum Gasteiger partial charge on any atom is 0.184 e. The number of aromatic amines is 5. The number of hydrogen-bond acceptors (Lipinski definition) is 9. The Bertz CT molecular complexity index is 2380. The van der Waals surface area contributed by atoms with Crippen LogP contribution < -0.4 is 0 Å². The summed E-state index contributed by atoms with van der Waals surface area (Å²) in [5.74, 6) is 2.46. The molecule has 0 saturated carbocycles. The summed E-state index contributed by atoms with van der Waals surface area (Å²) in [6.45, 7) is 41.5. The van der Waals surface area contributed by atoms with Crippen LogP contribution >= 0.6 is 0 Å². The Balaban J connectivity index is 0.000000418. The van der Waals surface area contributed by atoms with E-state index in [1.165, 1.54) is 60.0 Å². The van der Waals surface area contributed by atoms with E-state index in [-0.39, 0.29) is 0 Å². The van der Waals surface area contributed by atoms with Gasteiger partial charge in [0.25, 0.3) is 0 Å². The molecule has 0 fully saturated rings. The lowest BCUT2D eigenvalue weighted by molar-refractivity contribution is 0.668. The van der Waals surface area contributed by atoms with Crippen molar-refractivity contribution in [3.8, 4) is 0 Å². The van der Waals surface area contributed by atoms with Gasteiger partial charge in [-0.05, 0) is 85.1 Å². The molecule has 14 heteroatoms. The molecule has 14 nitrogen and oxygen atoms in total. The number of aromatic nitrogens is 14. The van der Waals surface area contributed by atoms with Crippen molar-refractivity contribution in [1.29, 1.82) is 0 Å². The molecular weight excluding hydrogens is 869 g/mol. The molecule has 1 aromatic carbocycles. The Morgan fingerprint density at radius 2 is 0.871 bits per heavy atom. The second-order valence-electron chi connectivity index (χ2n) is 16.6. The number of H-pyrrole nitrogens is 5. The summed E-state index contributed by atoms with van der Waals surface area (Å²) in [4.78, 5) is 16.2. The van der Waals surface area contributed by atoms with Crippen LogP contribution in [-0.4, -0.2) is 70.9 Å². The van der Waals surface area contributed by atoms with E-state index in [0.29, 0.717) is 29.6 Å². The number of benzene rings is 1. The van der Waals surface area contributed by atoms with Crippen molar-refractivity contribution in [3.63, 3.8) is 0 Å². The third kappa shape index (κ3) is 17.6. The highest BCUT2D eigenvalue weighted by atomic mass is 15.2. The molecule has 0 spiro atoms. The van der Waals surface area contributed by atoms with Crippen molar-refractivity contribution < 1.29 is 0 Å². The minimum absolute atomic E-state index is 0.431. The zero-order valence-electron chi connectivity index (χ0n) is 46.7. The van der Waals surface area contributed by atoms with Crippen LogP contribution in [0.25, 0.3) is 43.9 Å². The van der Waals surface area contributed by atoms with Gasteiger partial charge in [0.2, 0.25) is 0 Å². The molecule has 8 aromatic heterocycles. The lowest BCUT2D eigenvalue weighted by Gasteiger charge is -2.12. The third-order valence-corrected chi connectivity index (χ3v) is 10.4. The Labute approximate surface area is 420 Å². The molecule has 1 aliphatic carbocycles. The van der Waals surface area contributed by atoms with E-state index in [0.717, 1.165) is 55.6 Å². The van der Waals surface area contributed by atoms with Gasteiger partial charge in [0.05, 0.1) is 22.1 Å². The predicted octanol–water partition coefficient (Wildman–Crippen LogP) is 15.9. The van der Waals surface area contributed by atoms with Crippen molar-refractivity contribution in [3.05, 3.63) is 113 Å². The van der Waals surface area contributed by atoms with E-state index in [1.807, 2.05) is 112 Å². The summed E-state index contributed by atoms with van der Waals surface area (Å²) in [5, 5.41) is 40.7. The first kappa shape index (κ1) is 61.7. The second kappa shape index (κ2) is 34.1. The molecule has 384 valence electrons. The van der Waals surface area contributed by atoms with E-state index in [2.05, 4.69) is 146 Å². The predicted molar refractivity (Wildman–Crippen MR) is 298 cm³/mol. The highest BCUT2D eigenvalue weighted by Gasteiger charge is 2.18. The fourth-order valence-corrected chi connectivity index (χ4v) is 7.24. The van der Waals surface area contributed by atoms with Gasteiger partial charge in [-0.25, -0.2) is 15.0 Å². The SMILES string of the molecule is CC.CC.CC.CC.CC.CC(C)c1[nH]nc2ccccc12.CC(C)c1[nH]nc2ccncc12.CC(C)c1[nH]nc2ncccc12.CC(C)c1[nH]nc2ncncc12.CC(C)c1n[nH]c2c1CCCC2. The van der Waals surface area contributed by atoms with Gasteiger partial charge in [0, 0.05) is 69.4 Å². The molecule has 0 bridgehead atoms. The molecule has 0 saturated heterocycles. The van der Waals surface area contributed by atoms with Crippen LogP contribution in [0.3, 0.4) is 0 Å². The van der Waals surface area contributed by atoms with Crippen LogP contribution in [0.15, 0.2) is 73.6 Å². The van der Waals surface area contributed by atoms with Crippen LogP contribution in [0, 0.1) is 0 Å². The molecule has 0 amide bonds. The van der Waals surface area contributed by atoms with Gasteiger partial charge in [-0.15, -0.1) is 0 Å². The van der Waals surface area contributed by atoms with Crippen LogP contribution in [0.4, 0.5) is 0 Å². The quantitative estimate of drug-likeness (QED) is 0.112. The van der Waals surface area contributed by atoms with Crippen molar-refractivity contribution >= 4 is 43.9 Å². The molecule has 0 radical (unpaired) electrons. The first-order chi connectivity index (χ1) is 33.9. The maximum absolute atomic E-state index is 4.37. The Hall–Kier alpha value is -6.31. The fraction of sp³-hybridized carbons (Fsp3) is 0.518. The number of pyridine rings is 2. The average molecular weight is 959 g/mol. The molecule has 10 rings (SSSR count). The van der Waals surface area contributed by atoms with Crippen LogP contribution in [0.5, 0.6) is 0 Å². The van der Waals surface area contributed by atoms with Gasteiger partial charge in [-0.3, -0.25) is 30.5 Å². The topological polar surface area (TPSA) is 195 Å². The molecular formula is C56H90N14. The summed E-state index contributed by atoms with van der Waals surface area (Å²) in [5.41, 5.74) is 12.5. The zero-order valence-corrected chi connectivity index (χ0v) is 46.7. The third-order valence-electron chi connectivity index (χ3n) is 10.4. The van der Waals surface area contributed by atoms with Gasteiger partial charge in [-0.2, -0.15) is 25.5 Å². The van der Waals surface area contributed by atoms with E-state index < -0.39 is 0 Å². The van der Waals surface area contributed by atoms with Gasteiger partial charge in [0.1, 0.15) is 6.33 Å². The van der Waals surface area contributed by atoms with Crippen molar-refractivity contribution in [2.24, 2.45) is 0 Å². The first-order valence-corrected chi connectivity index (χ1v) is 26.1. The Kier molecular flexibility index (Phi) is 30.0. The Morgan fingerprint density at radius 3 is 1.46 bits per heavy atom. The minimum Gasteiger partial charge on any atom is -0.282 e. The lowest BCUT2D eigenvalue weighted by atomic mass is 9.93. The van der Waals surface area contributed by atoms with Gasteiger partial charge >= 0.3 is 0 Å². The Morgan fingerprint density at radius 1 is 0.400 bits per heavy atom. The normalized spacial score (nSPS) is 11.0. The van der Waals surface area contributed by atoms with Crippen molar-refractivity contribution in [1.82, 2.24) is 70.9 Å². The molecule has 1 aliphatic rings. The highest BCUT2D eigenvalue weighted by Crippen LogP contribution is 2.27. The molecule has 0 aliphatic heterocycles. The average Bonchev–Trinajstić information content (AvgIpc) is 4.27. The van der Waals surface area contributed by atoms with E-state index in [4.69, 9.17) is 0 Å². The zero-order chi connectivity index (χ0) is 52.8. The molecule has 0 atom stereocenters. The van der Waals surface area contributed by atoms with Gasteiger partial charge in [-0.1, -0.05) is 157 Å². The number of aryl methyl sites for hydroxylation is 1. The minimum atomic E-state index is 0.431. The summed E-state index contributed by atoms with van der Waals surface area (Å²) in [7, 11) is 0. The number of rotatable bonds is 5. The first-order valence-electron chi connectivity index (χ1n) is 26.1. The largest absolute Gasteiger partial charge is 0.282 e. The highest BCUT2D eigenvalue weighted by molar-refractivity contribution is 5.82. The van der Waals surface area contributed by atoms with Crippen molar-refractivity contribution in [2.45, 2.75) is 194 Å². The number of nitrogens with one attached hydrogen (secondary N) is 5. The van der Waals surface area contributed by atoms with Crippen LogP contribution in [0.2, 0.25) is 0 Å². The summed E-state index contributed by atoms with van der Waals surface area (Å²) in [6.07, 6.45) is 13.8. The number of para-hydroxylation sites is 1. The molecule has 8 heterocycles. The standard InChI is InChI=1S/C10H16N2.C10H12N2.2C9H11N3.C8H10N4.5C2H6/c2*1-7(2)10-8-5-3-4-6-9(8)11-12-10;1-6(2)9-7-5-10-4-3-8(7)11-12-9;1-6(2)8-7-4-3-5-10-9(7)12-11-8;1-5(2)7-6-3-9-4-10-8(6)12-11-7;5*1-2/h7H,3-6H2,1-2H3,(H,11,12);3-7H,1-2H3,(H,11,12);3-6H,1-2H3,(H,11,12);3-6H,1-2H3,(H,10,11,12);3-5H,1-2H3,(H,9,10,11,12);5*1-2H3. The molecule has 70 heavy (non-hydrogen) atoms. The summed E-state index contributed by atoms with van der Waals surface area (Å²) >= 11 is 0. The molecule has 9 aromatic rings. The summed E-state index contributed by atoms with van der Waals surface area (Å²) in [6, 6.07) is 14.1. The van der Waals surface area contributed by atoms with Crippen LogP contribution in [-0.2, 0) is 12.8 Å².